The van der Waals surface area contributed by atoms with Crippen molar-refractivity contribution in [3.05, 3.63) is 34.9 Å². The Kier molecular flexibility index (Phi) is 8.50. The van der Waals surface area contributed by atoms with Gasteiger partial charge in [0, 0.05) is 37.3 Å². The zero-order chi connectivity index (χ0) is 16.4. The summed E-state index contributed by atoms with van der Waals surface area (Å²) in [5, 5.41) is 9.06. The number of methoxy groups -OCH3 is 1. The van der Waals surface area contributed by atoms with Crippen LogP contribution in [0.1, 0.15) is 17.3 Å². The Bertz CT molecular complexity index is 479. The van der Waals surface area contributed by atoms with Crippen molar-refractivity contribution in [2.24, 2.45) is 0 Å². The predicted octanol–water partition coefficient (Wildman–Crippen LogP) is 0.810. The molecule has 1 rings (SSSR count). The van der Waals surface area contributed by atoms with Crippen LogP contribution in [0, 0.1) is 0 Å². The highest BCUT2D eigenvalue weighted by atomic mass is 35.5. The quantitative estimate of drug-likeness (QED) is 0.586. The Labute approximate surface area is 135 Å². The highest BCUT2D eigenvalue weighted by Gasteiger charge is 2.15. The molecule has 0 saturated heterocycles. The van der Waals surface area contributed by atoms with Crippen LogP contribution in [-0.2, 0) is 9.53 Å². The minimum absolute atomic E-state index is 0.226. The van der Waals surface area contributed by atoms with Crippen molar-refractivity contribution in [3.63, 3.8) is 0 Å². The SMILES string of the molecule is COCCNCCNC(=O)C(C)NC(=O)c1ccc(Cl)cc1. The van der Waals surface area contributed by atoms with Crippen LogP contribution >= 0.6 is 11.6 Å². The minimum Gasteiger partial charge on any atom is -0.383 e. The van der Waals surface area contributed by atoms with Gasteiger partial charge in [0.05, 0.1) is 6.61 Å². The normalized spacial score (nSPS) is 11.8. The molecule has 1 aromatic rings. The van der Waals surface area contributed by atoms with E-state index in [1.54, 1.807) is 38.3 Å². The van der Waals surface area contributed by atoms with Crippen LogP contribution in [0.15, 0.2) is 24.3 Å². The van der Waals surface area contributed by atoms with Crippen molar-refractivity contribution in [1.29, 1.82) is 0 Å². The summed E-state index contributed by atoms with van der Waals surface area (Å²) in [6.07, 6.45) is 0. The van der Waals surface area contributed by atoms with Gasteiger partial charge in [0.1, 0.15) is 6.04 Å². The molecule has 0 aliphatic carbocycles. The first-order chi connectivity index (χ1) is 10.5. The van der Waals surface area contributed by atoms with E-state index in [2.05, 4.69) is 16.0 Å². The van der Waals surface area contributed by atoms with Gasteiger partial charge < -0.3 is 20.7 Å². The molecule has 6 nitrogen and oxygen atoms in total. The Morgan fingerprint density at radius 3 is 2.50 bits per heavy atom. The fourth-order valence-corrected chi connectivity index (χ4v) is 1.80. The van der Waals surface area contributed by atoms with Gasteiger partial charge in [-0.1, -0.05) is 11.6 Å². The van der Waals surface area contributed by atoms with Gasteiger partial charge in [0.2, 0.25) is 5.91 Å². The average molecular weight is 328 g/mol. The van der Waals surface area contributed by atoms with Gasteiger partial charge in [0.15, 0.2) is 0 Å². The third kappa shape index (κ3) is 6.89. The maximum atomic E-state index is 12.0. The second kappa shape index (κ2) is 10.2. The third-order valence-corrected chi connectivity index (χ3v) is 3.18. The summed E-state index contributed by atoms with van der Waals surface area (Å²) in [7, 11) is 1.63. The first kappa shape index (κ1) is 18.4. The van der Waals surface area contributed by atoms with E-state index in [4.69, 9.17) is 16.3 Å². The van der Waals surface area contributed by atoms with E-state index in [1.807, 2.05) is 0 Å². The number of hydrogen-bond donors (Lipinski definition) is 3. The molecule has 0 heterocycles. The highest BCUT2D eigenvalue weighted by molar-refractivity contribution is 6.30. The van der Waals surface area contributed by atoms with E-state index < -0.39 is 6.04 Å². The van der Waals surface area contributed by atoms with Gasteiger partial charge in [-0.05, 0) is 31.2 Å². The zero-order valence-electron chi connectivity index (χ0n) is 12.8. The number of amides is 2. The van der Waals surface area contributed by atoms with Crippen LogP contribution in [-0.4, -0.2) is 51.2 Å². The largest absolute Gasteiger partial charge is 0.383 e. The highest BCUT2D eigenvalue weighted by Crippen LogP contribution is 2.09. The lowest BCUT2D eigenvalue weighted by atomic mass is 10.2. The molecular weight excluding hydrogens is 306 g/mol. The zero-order valence-corrected chi connectivity index (χ0v) is 13.6. The lowest BCUT2D eigenvalue weighted by Crippen LogP contribution is -2.46. The summed E-state index contributed by atoms with van der Waals surface area (Å²) in [6, 6.07) is 5.88. The first-order valence-electron chi connectivity index (χ1n) is 7.08. The van der Waals surface area contributed by atoms with Crippen molar-refractivity contribution in [1.82, 2.24) is 16.0 Å². The smallest absolute Gasteiger partial charge is 0.251 e. The molecule has 0 spiro atoms. The topological polar surface area (TPSA) is 79.5 Å². The maximum absolute atomic E-state index is 12.0. The molecule has 0 fully saturated rings. The van der Waals surface area contributed by atoms with E-state index in [0.29, 0.717) is 30.3 Å². The third-order valence-electron chi connectivity index (χ3n) is 2.93. The Balaban J connectivity index is 2.28. The van der Waals surface area contributed by atoms with Crippen LogP contribution in [0.5, 0.6) is 0 Å². The summed E-state index contributed by atoms with van der Waals surface area (Å²) in [4.78, 5) is 23.8. The number of ether oxygens (including phenoxy) is 1. The molecule has 7 heteroatoms. The van der Waals surface area contributed by atoms with Gasteiger partial charge in [0.25, 0.3) is 5.91 Å². The molecule has 0 bridgehead atoms. The summed E-state index contributed by atoms with van der Waals surface area (Å²) in [5.41, 5.74) is 0.463. The number of halogens is 1. The summed E-state index contributed by atoms with van der Waals surface area (Å²) < 4.78 is 4.90. The second-order valence-electron chi connectivity index (χ2n) is 4.74. The van der Waals surface area contributed by atoms with Gasteiger partial charge in [-0.3, -0.25) is 9.59 Å². The fraction of sp³-hybridized carbons (Fsp3) is 0.467. The Hall–Kier alpha value is -1.63. The Morgan fingerprint density at radius 1 is 1.18 bits per heavy atom. The standard InChI is InChI=1S/C15H22ClN3O3/c1-11(14(20)18-8-7-17-9-10-22-2)19-15(21)12-3-5-13(16)6-4-12/h3-6,11,17H,7-10H2,1-2H3,(H,18,20)(H,19,21). The first-order valence-corrected chi connectivity index (χ1v) is 7.46. The molecule has 122 valence electrons. The van der Waals surface area contributed by atoms with E-state index >= 15 is 0 Å². The Morgan fingerprint density at radius 2 is 1.86 bits per heavy atom. The molecule has 0 saturated carbocycles. The van der Waals surface area contributed by atoms with E-state index in [-0.39, 0.29) is 11.8 Å². The number of carbonyl (C=O) groups is 2. The number of carbonyl (C=O) groups excluding carboxylic acids is 2. The predicted molar refractivity (Wildman–Crippen MR) is 86.1 cm³/mol. The number of rotatable bonds is 9. The minimum atomic E-state index is -0.609. The fourth-order valence-electron chi connectivity index (χ4n) is 1.67. The van der Waals surface area contributed by atoms with Gasteiger partial charge in [-0.25, -0.2) is 0 Å². The van der Waals surface area contributed by atoms with Crippen molar-refractivity contribution >= 4 is 23.4 Å². The molecule has 2 amide bonds. The molecule has 0 radical (unpaired) electrons. The summed E-state index contributed by atoms with van der Waals surface area (Å²) in [6.45, 7) is 4.13. The molecule has 0 aliphatic heterocycles. The van der Waals surface area contributed by atoms with Gasteiger partial charge in [-0.2, -0.15) is 0 Å². The molecule has 1 unspecified atom stereocenters. The molecule has 1 atom stereocenters. The summed E-state index contributed by atoms with van der Waals surface area (Å²) >= 11 is 5.77. The molecular formula is C15H22ClN3O3. The number of benzene rings is 1. The molecule has 3 N–H and O–H groups in total. The van der Waals surface area contributed by atoms with Crippen molar-refractivity contribution in [2.75, 3.05) is 33.4 Å². The van der Waals surface area contributed by atoms with E-state index in [9.17, 15) is 9.59 Å². The van der Waals surface area contributed by atoms with Crippen molar-refractivity contribution in [3.8, 4) is 0 Å². The molecule has 0 aliphatic rings. The van der Waals surface area contributed by atoms with Crippen LogP contribution in [0.3, 0.4) is 0 Å². The number of hydrogen-bond acceptors (Lipinski definition) is 4. The van der Waals surface area contributed by atoms with Crippen molar-refractivity contribution in [2.45, 2.75) is 13.0 Å². The van der Waals surface area contributed by atoms with E-state index in [0.717, 1.165) is 6.54 Å². The van der Waals surface area contributed by atoms with Crippen LogP contribution < -0.4 is 16.0 Å². The van der Waals surface area contributed by atoms with Crippen LogP contribution in [0.2, 0.25) is 5.02 Å². The molecule has 0 aromatic heterocycles. The van der Waals surface area contributed by atoms with Crippen LogP contribution in [0.25, 0.3) is 0 Å². The maximum Gasteiger partial charge on any atom is 0.251 e. The van der Waals surface area contributed by atoms with Crippen LogP contribution in [0.4, 0.5) is 0 Å². The van der Waals surface area contributed by atoms with Crippen molar-refractivity contribution < 1.29 is 14.3 Å². The van der Waals surface area contributed by atoms with Gasteiger partial charge >= 0.3 is 0 Å². The van der Waals surface area contributed by atoms with Gasteiger partial charge in [-0.15, -0.1) is 0 Å². The average Bonchev–Trinajstić information content (AvgIpc) is 2.51. The summed E-state index contributed by atoms with van der Waals surface area (Å²) in [5.74, 6) is -0.534. The monoisotopic (exact) mass is 327 g/mol. The molecule has 22 heavy (non-hydrogen) atoms. The van der Waals surface area contributed by atoms with E-state index in [1.165, 1.54) is 0 Å². The molecule has 1 aromatic carbocycles. The lowest BCUT2D eigenvalue weighted by molar-refractivity contribution is -0.122. The lowest BCUT2D eigenvalue weighted by Gasteiger charge is -2.14. The second-order valence-corrected chi connectivity index (χ2v) is 5.17. The number of nitrogens with one attached hydrogen (secondary N) is 3.